The van der Waals surface area contributed by atoms with Crippen LogP contribution in [0, 0.1) is 11.6 Å². The van der Waals surface area contributed by atoms with Gasteiger partial charge in [-0.25, -0.2) is 8.78 Å². The standard InChI is InChI=1S/C16H15F2NO/c17-11-6-13(18)16(12-8-14(12)19)15(7-11)20-9-10-4-2-1-3-5-10/h1-7,12,14H,8-9,19H2. The Bertz CT molecular complexity index is 615. The molecule has 0 saturated heterocycles. The van der Waals surface area contributed by atoms with Crippen LogP contribution in [0.5, 0.6) is 5.75 Å². The third kappa shape index (κ3) is 2.65. The number of nitrogens with two attached hydrogens (primary N) is 1. The predicted octanol–water partition coefficient (Wildman–Crippen LogP) is 3.36. The molecule has 0 radical (unpaired) electrons. The van der Waals surface area contributed by atoms with E-state index in [2.05, 4.69) is 0 Å². The van der Waals surface area contributed by atoms with Gasteiger partial charge in [0.1, 0.15) is 24.0 Å². The zero-order valence-corrected chi connectivity index (χ0v) is 10.9. The fourth-order valence-electron chi connectivity index (χ4n) is 2.32. The van der Waals surface area contributed by atoms with Crippen LogP contribution in [-0.4, -0.2) is 6.04 Å². The summed E-state index contributed by atoms with van der Waals surface area (Å²) < 4.78 is 32.9. The Hall–Kier alpha value is -1.94. The van der Waals surface area contributed by atoms with Crippen LogP contribution >= 0.6 is 0 Å². The second-order valence-corrected chi connectivity index (χ2v) is 5.08. The van der Waals surface area contributed by atoms with Crippen LogP contribution in [0.4, 0.5) is 8.78 Å². The van der Waals surface area contributed by atoms with Crippen molar-refractivity contribution in [3.8, 4) is 5.75 Å². The van der Waals surface area contributed by atoms with Gasteiger partial charge in [-0.15, -0.1) is 0 Å². The summed E-state index contributed by atoms with van der Waals surface area (Å²) in [5, 5.41) is 0. The monoisotopic (exact) mass is 275 g/mol. The van der Waals surface area contributed by atoms with Crippen molar-refractivity contribution >= 4 is 0 Å². The molecule has 2 atom stereocenters. The van der Waals surface area contributed by atoms with Gasteiger partial charge in [0.15, 0.2) is 0 Å². The minimum atomic E-state index is -0.636. The molecule has 2 aromatic carbocycles. The van der Waals surface area contributed by atoms with E-state index >= 15 is 0 Å². The molecule has 2 nitrogen and oxygen atoms in total. The van der Waals surface area contributed by atoms with E-state index in [0.717, 1.165) is 11.6 Å². The summed E-state index contributed by atoms with van der Waals surface area (Å²) in [7, 11) is 0. The normalized spacial score (nSPS) is 20.8. The fraction of sp³-hybridized carbons (Fsp3) is 0.250. The first-order valence-corrected chi connectivity index (χ1v) is 6.56. The third-order valence-corrected chi connectivity index (χ3v) is 3.50. The van der Waals surface area contributed by atoms with Gasteiger partial charge in [0.2, 0.25) is 0 Å². The zero-order valence-electron chi connectivity index (χ0n) is 10.9. The molecule has 0 spiro atoms. The molecule has 1 saturated carbocycles. The van der Waals surface area contributed by atoms with Gasteiger partial charge < -0.3 is 10.5 Å². The van der Waals surface area contributed by atoms with Gasteiger partial charge in [-0.3, -0.25) is 0 Å². The molecule has 1 aliphatic carbocycles. The Morgan fingerprint density at radius 2 is 1.85 bits per heavy atom. The second-order valence-electron chi connectivity index (χ2n) is 5.08. The van der Waals surface area contributed by atoms with Crippen molar-refractivity contribution in [1.29, 1.82) is 0 Å². The van der Waals surface area contributed by atoms with E-state index in [1.54, 1.807) is 0 Å². The van der Waals surface area contributed by atoms with Crippen LogP contribution in [0.25, 0.3) is 0 Å². The maximum absolute atomic E-state index is 13.9. The minimum Gasteiger partial charge on any atom is -0.488 e. The van der Waals surface area contributed by atoms with E-state index in [0.29, 0.717) is 12.0 Å². The molecular weight excluding hydrogens is 260 g/mol. The van der Waals surface area contributed by atoms with Crippen LogP contribution in [0.3, 0.4) is 0 Å². The summed E-state index contributed by atoms with van der Waals surface area (Å²) >= 11 is 0. The number of halogens is 2. The number of hydrogen-bond donors (Lipinski definition) is 1. The summed E-state index contributed by atoms with van der Waals surface area (Å²) in [5.41, 5.74) is 7.11. The summed E-state index contributed by atoms with van der Waals surface area (Å²) in [6.45, 7) is 0.276. The highest BCUT2D eigenvalue weighted by molar-refractivity contribution is 5.42. The lowest BCUT2D eigenvalue weighted by molar-refractivity contribution is 0.298. The van der Waals surface area contributed by atoms with Gasteiger partial charge in [-0.2, -0.15) is 0 Å². The van der Waals surface area contributed by atoms with Gasteiger partial charge in [0, 0.05) is 29.7 Å². The molecule has 2 aromatic rings. The maximum Gasteiger partial charge on any atom is 0.133 e. The summed E-state index contributed by atoms with van der Waals surface area (Å²) in [5.74, 6) is -1.03. The largest absolute Gasteiger partial charge is 0.488 e. The highest BCUT2D eigenvalue weighted by Gasteiger charge is 2.39. The number of rotatable bonds is 4. The van der Waals surface area contributed by atoms with Gasteiger partial charge in [0.25, 0.3) is 0 Å². The lowest BCUT2D eigenvalue weighted by atomic mass is 10.1. The average Bonchev–Trinajstić information content (AvgIpc) is 3.13. The first kappa shape index (κ1) is 13.1. The second kappa shape index (κ2) is 5.21. The van der Waals surface area contributed by atoms with Crippen molar-refractivity contribution in [2.75, 3.05) is 0 Å². The zero-order chi connectivity index (χ0) is 14.1. The van der Waals surface area contributed by atoms with E-state index in [-0.39, 0.29) is 24.3 Å². The molecule has 1 fully saturated rings. The SMILES string of the molecule is NC1CC1c1c(F)cc(F)cc1OCc1ccccc1. The molecule has 2 unspecified atom stereocenters. The quantitative estimate of drug-likeness (QED) is 0.928. The molecule has 0 heterocycles. The van der Waals surface area contributed by atoms with Crippen molar-refractivity contribution in [1.82, 2.24) is 0 Å². The fourth-order valence-corrected chi connectivity index (χ4v) is 2.32. The van der Waals surface area contributed by atoms with Crippen LogP contribution in [0.1, 0.15) is 23.5 Å². The van der Waals surface area contributed by atoms with Gasteiger partial charge in [0.05, 0.1) is 0 Å². The van der Waals surface area contributed by atoms with Crippen LogP contribution in [0.15, 0.2) is 42.5 Å². The van der Waals surface area contributed by atoms with Crippen molar-refractivity contribution in [2.24, 2.45) is 5.73 Å². The van der Waals surface area contributed by atoms with Crippen molar-refractivity contribution < 1.29 is 13.5 Å². The first-order valence-electron chi connectivity index (χ1n) is 6.56. The van der Waals surface area contributed by atoms with Crippen LogP contribution in [0.2, 0.25) is 0 Å². The molecule has 1 aliphatic rings. The molecule has 0 aliphatic heterocycles. The maximum atomic E-state index is 13.9. The summed E-state index contributed by atoms with van der Waals surface area (Å²) in [4.78, 5) is 0. The molecule has 20 heavy (non-hydrogen) atoms. The Kier molecular flexibility index (Phi) is 3.40. The van der Waals surface area contributed by atoms with Gasteiger partial charge in [-0.1, -0.05) is 30.3 Å². The number of hydrogen-bond acceptors (Lipinski definition) is 2. The van der Waals surface area contributed by atoms with Gasteiger partial charge >= 0.3 is 0 Å². The molecule has 0 aromatic heterocycles. The van der Waals surface area contributed by atoms with Crippen molar-refractivity contribution in [3.63, 3.8) is 0 Å². The summed E-state index contributed by atoms with van der Waals surface area (Å²) in [6.07, 6.45) is 0.713. The van der Waals surface area contributed by atoms with Gasteiger partial charge in [-0.05, 0) is 12.0 Å². The van der Waals surface area contributed by atoms with Crippen LogP contribution < -0.4 is 10.5 Å². The van der Waals surface area contributed by atoms with E-state index < -0.39 is 11.6 Å². The van der Waals surface area contributed by atoms with E-state index in [9.17, 15) is 8.78 Å². The molecule has 2 N–H and O–H groups in total. The smallest absolute Gasteiger partial charge is 0.133 e. The first-order chi connectivity index (χ1) is 9.65. The Labute approximate surface area is 116 Å². The minimum absolute atomic E-state index is 0.0611. The van der Waals surface area contributed by atoms with Crippen LogP contribution in [-0.2, 0) is 6.61 Å². The molecule has 4 heteroatoms. The number of benzene rings is 2. The molecule has 0 amide bonds. The lowest BCUT2D eigenvalue weighted by Gasteiger charge is -2.12. The lowest BCUT2D eigenvalue weighted by Crippen LogP contribution is -2.06. The molecule has 0 bridgehead atoms. The predicted molar refractivity (Wildman–Crippen MR) is 72.5 cm³/mol. The number of ether oxygens (including phenoxy) is 1. The molecule has 104 valence electrons. The van der Waals surface area contributed by atoms with Crippen molar-refractivity contribution in [2.45, 2.75) is 25.0 Å². The Morgan fingerprint density at radius 1 is 1.15 bits per heavy atom. The molecule has 3 rings (SSSR count). The third-order valence-electron chi connectivity index (χ3n) is 3.50. The van der Waals surface area contributed by atoms with E-state index in [1.807, 2.05) is 30.3 Å². The molecular formula is C16H15F2NO. The summed E-state index contributed by atoms with van der Waals surface area (Å²) in [6, 6.07) is 11.5. The van der Waals surface area contributed by atoms with E-state index in [4.69, 9.17) is 10.5 Å². The topological polar surface area (TPSA) is 35.2 Å². The van der Waals surface area contributed by atoms with E-state index in [1.165, 1.54) is 6.07 Å². The Balaban J connectivity index is 1.84. The van der Waals surface area contributed by atoms with Crippen molar-refractivity contribution in [3.05, 3.63) is 65.2 Å². The Morgan fingerprint density at radius 3 is 2.50 bits per heavy atom. The highest BCUT2D eigenvalue weighted by Crippen LogP contribution is 2.45. The highest BCUT2D eigenvalue weighted by atomic mass is 19.1. The average molecular weight is 275 g/mol.